The molecular weight excluding hydrogens is 1170 g/mol. The first-order valence-electron chi connectivity index (χ1n) is 39.7. The van der Waals surface area contributed by atoms with Crippen molar-refractivity contribution in [1.29, 1.82) is 0 Å². The normalized spacial score (nSPS) is 13.3. The number of hydrogen-bond acceptors (Lipinski definition) is 7. The quantitative estimate of drug-likeness (QED) is 0.0211. The molecule has 9 heteroatoms. The minimum atomic E-state index is -1.53. The lowest BCUT2D eigenvalue weighted by Gasteiger charge is -2.25. The van der Waals surface area contributed by atoms with E-state index in [1.165, 1.54) is 212 Å². The van der Waals surface area contributed by atoms with Gasteiger partial charge < -0.3 is 28.5 Å². The summed E-state index contributed by atoms with van der Waals surface area (Å²) < 4.78 is 23.0. The molecule has 0 spiro atoms. The van der Waals surface area contributed by atoms with Crippen LogP contribution in [0.2, 0.25) is 0 Å². The number of likely N-dealkylation sites (N-methyl/N-ethyl adjacent to an activating group) is 1. The molecule has 0 amide bonds. The van der Waals surface area contributed by atoms with Crippen LogP contribution < -0.4 is 0 Å². The van der Waals surface area contributed by atoms with Crippen LogP contribution in [-0.2, 0) is 33.3 Å². The largest absolute Gasteiger partial charge is 0.477 e. The maximum absolute atomic E-state index is 13.0. The number of hydrogen-bond donors (Lipinski definition) is 1. The SMILES string of the molecule is CC/C=C\C/C=C\C/C=C\C/C=C\C/C=C\C/C=C\C/C=C\C/C=C\CCCCCCC(=O)OC(COC(=O)CCCCCCCCCCCCCCCCCCCCCCCCCCCCCCC/C=C\C/C=C\CCCCCCC)COC(OCC[N+](C)(C)C)C(=O)O. The molecule has 9 nitrogen and oxygen atoms in total. The summed E-state index contributed by atoms with van der Waals surface area (Å²) in [5.74, 6) is -2.03. The Kier molecular flexibility index (Phi) is 72.0. The predicted molar refractivity (Wildman–Crippen MR) is 410 cm³/mol. The maximum atomic E-state index is 13.0. The van der Waals surface area contributed by atoms with E-state index in [1.54, 1.807) is 0 Å². The second kappa shape index (κ2) is 75.5. The smallest absolute Gasteiger partial charge is 0.361 e. The third-order valence-corrected chi connectivity index (χ3v) is 17.2. The Morgan fingerprint density at radius 2 is 0.600 bits per heavy atom. The predicted octanol–water partition coefficient (Wildman–Crippen LogP) is 25.5. The molecule has 546 valence electrons. The highest BCUT2D eigenvalue weighted by Gasteiger charge is 2.25. The van der Waals surface area contributed by atoms with Crippen LogP contribution in [0.4, 0.5) is 0 Å². The van der Waals surface area contributed by atoms with Gasteiger partial charge in [0.05, 0.1) is 34.4 Å². The fourth-order valence-electron chi connectivity index (χ4n) is 11.2. The molecule has 95 heavy (non-hydrogen) atoms. The van der Waals surface area contributed by atoms with Gasteiger partial charge in [-0.05, 0) is 109 Å². The number of quaternary nitrogens is 1. The topological polar surface area (TPSA) is 108 Å². The van der Waals surface area contributed by atoms with E-state index in [-0.39, 0.29) is 32.2 Å². The standard InChI is InChI=1S/C86H149NO8/c1-6-8-10-12-14-16-18-20-22-24-26-28-30-32-34-36-37-38-39-40-41-42-43-44-45-46-47-49-50-52-54-56-58-60-62-64-66-68-70-72-74-76-83(88)93-80-82(81-94-86(85(90)91)92-79-78-87(3,4)5)95-84(89)77-75-73-71-69-67-65-63-61-59-57-55-53-51-48-35-33-31-29-27-25-23-21-19-17-15-13-11-9-7-2/h9,11,15,17-18,20-21,23-24,26-27,29,33,35,51,53,57,59,63,65,82,86H,6-8,10,12-14,16,19,22,25,28,30-32,34,36-50,52,54-56,58,60-62,64,66-81H2,1-5H3/p+1/b11-9-,17-15-,20-18-,23-21-,26-24-,29-27-,35-33-,53-51-,59-57-,65-63-. The number of carbonyl (C=O) groups is 3. The van der Waals surface area contributed by atoms with Gasteiger partial charge in [0.15, 0.2) is 6.10 Å². The van der Waals surface area contributed by atoms with Crippen LogP contribution >= 0.6 is 0 Å². The third kappa shape index (κ3) is 76.9. The highest BCUT2D eigenvalue weighted by molar-refractivity contribution is 5.71. The molecule has 0 saturated heterocycles. The van der Waals surface area contributed by atoms with Gasteiger partial charge in [0.1, 0.15) is 13.2 Å². The fraction of sp³-hybridized carbons (Fsp3) is 0.733. The second-order valence-electron chi connectivity index (χ2n) is 27.6. The molecule has 0 saturated carbocycles. The van der Waals surface area contributed by atoms with E-state index < -0.39 is 24.3 Å². The number of aliphatic carboxylic acids is 1. The van der Waals surface area contributed by atoms with Crippen LogP contribution in [0.25, 0.3) is 0 Å². The van der Waals surface area contributed by atoms with Crippen LogP contribution in [0.1, 0.15) is 348 Å². The van der Waals surface area contributed by atoms with E-state index in [2.05, 4.69) is 135 Å². The van der Waals surface area contributed by atoms with Gasteiger partial charge in [0.2, 0.25) is 0 Å². The highest BCUT2D eigenvalue weighted by Crippen LogP contribution is 2.18. The number of nitrogens with zero attached hydrogens (tertiary/aromatic N) is 1. The molecule has 2 atom stereocenters. The van der Waals surface area contributed by atoms with Crippen LogP contribution in [-0.4, -0.2) is 87.4 Å². The van der Waals surface area contributed by atoms with Gasteiger partial charge in [0.25, 0.3) is 6.29 Å². The molecule has 0 aliphatic carbocycles. The van der Waals surface area contributed by atoms with Crippen molar-refractivity contribution in [2.45, 2.75) is 360 Å². The molecule has 0 heterocycles. The van der Waals surface area contributed by atoms with E-state index in [1.807, 2.05) is 21.1 Å². The first kappa shape index (κ1) is 90.7. The Hall–Kier alpha value is -4.31. The Bertz CT molecular complexity index is 1980. The van der Waals surface area contributed by atoms with Crippen LogP contribution in [0.15, 0.2) is 122 Å². The van der Waals surface area contributed by atoms with Gasteiger partial charge in [-0.2, -0.15) is 0 Å². The molecule has 0 bridgehead atoms. The average molecular weight is 1330 g/mol. The molecule has 2 unspecified atom stereocenters. The highest BCUT2D eigenvalue weighted by atomic mass is 16.7. The minimum Gasteiger partial charge on any atom is -0.477 e. The zero-order valence-electron chi connectivity index (χ0n) is 62.6. The van der Waals surface area contributed by atoms with E-state index in [4.69, 9.17) is 18.9 Å². The second-order valence-corrected chi connectivity index (χ2v) is 27.6. The first-order valence-corrected chi connectivity index (χ1v) is 39.7. The monoisotopic (exact) mass is 1330 g/mol. The number of rotatable bonds is 73. The van der Waals surface area contributed by atoms with Crippen molar-refractivity contribution in [3.05, 3.63) is 122 Å². The van der Waals surface area contributed by atoms with Gasteiger partial charge in [-0.3, -0.25) is 9.59 Å². The molecule has 0 aliphatic heterocycles. The van der Waals surface area contributed by atoms with Gasteiger partial charge in [-0.25, -0.2) is 4.79 Å². The zero-order chi connectivity index (χ0) is 69.0. The van der Waals surface area contributed by atoms with Gasteiger partial charge >= 0.3 is 17.9 Å². The molecular formula is C86H150NO8+. The number of carbonyl (C=O) groups excluding carboxylic acids is 2. The summed E-state index contributed by atoms with van der Waals surface area (Å²) in [6.07, 6.45) is 105. The number of unbranched alkanes of at least 4 members (excludes halogenated alkanes) is 38. The fourth-order valence-corrected chi connectivity index (χ4v) is 11.2. The summed E-state index contributed by atoms with van der Waals surface area (Å²) in [6.45, 7) is 4.75. The lowest BCUT2D eigenvalue weighted by Crippen LogP contribution is -2.40. The summed E-state index contributed by atoms with van der Waals surface area (Å²) in [6, 6.07) is 0. The summed E-state index contributed by atoms with van der Waals surface area (Å²) in [5.41, 5.74) is 0. The number of allylic oxidation sites excluding steroid dienone is 20. The van der Waals surface area contributed by atoms with Crippen molar-refractivity contribution >= 4 is 17.9 Å². The molecule has 0 fully saturated rings. The lowest BCUT2D eigenvalue weighted by atomic mass is 10.0. The summed E-state index contributed by atoms with van der Waals surface area (Å²) in [4.78, 5) is 37.7. The van der Waals surface area contributed by atoms with Crippen molar-refractivity contribution in [3.8, 4) is 0 Å². The third-order valence-electron chi connectivity index (χ3n) is 17.2. The van der Waals surface area contributed by atoms with Crippen molar-refractivity contribution in [1.82, 2.24) is 0 Å². The first-order chi connectivity index (χ1) is 46.6. The number of carboxylic acid groups (broad SMARTS) is 1. The maximum Gasteiger partial charge on any atom is 0.361 e. The number of carboxylic acids is 1. The molecule has 0 aliphatic rings. The minimum absolute atomic E-state index is 0.178. The Morgan fingerprint density at radius 3 is 0.895 bits per heavy atom. The van der Waals surface area contributed by atoms with Crippen molar-refractivity contribution in [2.75, 3.05) is 47.5 Å². The molecule has 0 aromatic carbocycles. The zero-order valence-corrected chi connectivity index (χ0v) is 62.6. The molecule has 0 aromatic rings. The summed E-state index contributed by atoms with van der Waals surface area (Å²) in [7, 11) is 5.97. The van der Waals surface area contributed by atoms with Crippen LogP contribution in [0.5, 0.6) is 0 Å². The van der Waals surface area contributed by atoms with Crippen molar-refractivity contribution < 1.29 is 42.9 Å². The van der Waals surface area contributed by atoms with Crippen molar-refractivity contribution in [2.24, 2.45) is 0 Å². The summed E-state index contributed by atoms with van der Waals surface area (Å²) in [5, 5.41) is 9.76. The number of ether oxygens (including phenoxy) is 4. The van der Waals surface area contributed by atoms with Crippen LogP contribution in [0, 0.1) is 0 Å². The molecule has 0 rings (SSSR count). The van der Waals surface area contributed by atoms with Crippen molar-refractivity contribution in [3.63, 3.8) is 0 Å². The Morgan fingerprint density at radius 1 is 0.326 bits per heavy atom. The molecule has 0 aromatic heterocycles. The van der Waals surface area contributed by atoms with Crippen LogP contribution in [0.3, 0.4) is 0 Å². The molecule has 0 radical (unpaired) electrons. The van der Waals surface area contributed by atoms with E-state index in [0.717, 1.165) is 103 Å². The molecule has 1 N–H and O–H groups in total. The van der Waals surface area contributed by atoms with Gasteiger partial charge in [-0.1, -0.05) is 347 Å². The average Bonchev–Trinajstić information content (AvgIpc) is 2.86. The van der Waals surface area contributed by atoms with Gasteiger partial charge in [0, 0.05) is 12.8 Å². The van der Waals surface area contributed by atoms with Gasteiger partial charge in [-0.15, -0.1) is 0 Å². The Balaban J connectivity index is 4.03. The van der Waals surface area contributed by atoms with E-state index >= 15 is 0 Å². The number of esters is 2. The lowest BCUT2D eigenvalue weighted by molar-refractivity contribution is -0.870. The van der Waals surface area contributed by atoms with E-state index in [9.17, 15) is 19.5 Å². The van der Waals surface area contributed by atoms with E-state index in [0.29, 0.717) is 23.9 Å². The summed E-state index contributed by atoms with van der Waals surface area (Å²) >= 11 is 0. The Labute approximate surface area is 587 Å².